The number of aliphatic hydroxyl groups excluding tert-OH is 4. The van der Waals surface area contributed by atoms with Crippen molar-refractivity contribution in [3.8, 4) is 0 Å². The predicted octanol–water partition coefficient (Wildman–Crippen LogP) is 10.8. The number of aliphatic hydroxyl groups is 4. The van der Waals surface area contributed by atoms with Crippen molar-refractivity contribution < 1.29 is 20.4 Å². The van der Waals surface area contributed by atoms with Crippen LogP contribution in [0, 0.1) is 27.1 Å². The molecule has 0 radical (unpaired) electrons. The summed E-state index contributed by atoms with van der Waals surface area (Å²) in [6.07, 6.45) is 16.3. The molecule has 0 aromatic carbocycles. The van der Waals surface area contributed by atoms with Gasteiger partial charge in [-0.3, -0.25) is 0 Å². The lowest BCUT2D eigenvalue weighted by molar-refractivity contribution is -0.0328. The van der Waals surface area contributed by atoms with Crippen LogP contribution in [0.4, 0.5) is 0 Å². The monoisotopic (exact) mass is 593 g/mol. The molecule has 0 rings (SSSR count). The van der Waals surface area contributed by atoms with E-state index in [4.69, 9.17) is 20.4 Å². The van der Waals surface area contributed by atoms with E-state index in [1.807, 2.05) is 0 Å². The fourth-order valence-corrected chi connectivity index (χ4v) is 3.13. The summed E-state index contributed by atoms with van der Waals surface area (Å²) >= 11 is 0. The first-order chi connectivity index (χ1) is 18.5. The summed E-state index contributed by atoms with van der Waals surface area (Å²) in [6.45, 7) is 34.9. The van der Waals surface area contributed by atoms with Crippen LogP contribution in [-0.4, -0.2) is 46.9 Å². The van der Waals surface area contributed by atoms with Crippen molar-refractivity contribution in [2.24, 2.45) is 27.1 Å². The summed E-state index contributed by atoms with van der Waals surface area (Å²) < 4.78 is 0. The average molecular weight is 593 g/mol. The van der Waals surface area contributed by atoms with Gasteiger partial charge < -0.3 is 20.4 Å². The Labute approximate surface area is 261 Å². The normalized spacial score (nSPS) is 12.0. The molecule has 0 aliphatic carbocycles. The lowest BCUT2D eigenvalue weighted by Crippen LogP contribution is -2.37. The Morgan fingerprint density at radius 3 is 0.488 bits per heavy atom. The molecule has 0 atom stereocenters. The molecule has 256 valence electrons. The van der Waals surface area contributed by atoms with Crippen molar-refractivity contribution in [2.75, 3.05) is 26.4 Å². The summed E-state index contributed by atoms with van der Waals surface area (Å²) in [4.78, 5) is 0. The summed E-state index contributed by atoms with van der Waals surface area (Å²) in [5.41, 5.74) is 1.10. The van der Waals surface area contributed by atoms with E-state index in [1.54, 1.807) is 0 Å². The van der Waals surface area contributed by atoms with Gasteiger partial charge in [-0.2, -0.15) is 0 Å². The highest BCUT2D eigenvalue weighted by Crippen LogP contribution is 2.23. The van der Waals surface area contributed by atoms with E-state index in [2.05, 4.69) is 111 Å². The van der Waals surface area contributed by atoms with E-state index >= 15 is 0 Å². The van der Waals surface area contributed by atoms with Crippen LogP contribution in [-0.2, 0) is 0 Å². The van der Waals surface area contributed by atoms with Crippen LogP contribution in [0.5, 0.6) is 0 Å². The molecule has 0 aliphatic heterocycles. The van der Waals surface area contributed by atoms with Crippen molar-refractivity contribution >= 4 is 0 Å². The zero-order valence-electron chi connectivity index (χ0n) is 31.6. The summed E-state index contributed by atoms with van der Waals surface area (Å²) in [7, 11) is 0. The highest BCUT2D eigenvalue weighted by molar-refractivity contribution is 4.75. The van der Waals surface area contributed by atoms with E-state index in [0.29, 0.717) is 21.7 Å². The second kappa shape index (κ2) is 28.6. The van der Waals surface area contributed by atoms with Crippen LogP contribution in [0.2, 0.25) is 0 Å². The number of rotatable bonds is 12. The molecular formula is C37H84O4. The van der Waals surface area contributed by atoms with Crippen LogP contribution in [0.15, 0.2) is 0 Å². The molecule has 0 unspecified atom stereocenters. The van der Waals surface area contributed by atoms with Gasteiger partial charge >= 0.3 is 0 Å². The third-order valence-corrected chi connectivity index (χ3v) is 6.46. The molecule has 4 heteroatoms. The lowest BCUT2D eigenvalue weighted by Gasteiger charge is -2.23. The molecule has 0 fully saturated rings. The maximum Gasteiger partial charge on any atom is 0.0627 e. The first kappa shape index (κ1) is 50.5. The maximum atomic E-state index is 8.50. The number of hydrogen-bond donors (Lipinski definition) is 4. The van der Waals surface area contributed by atoms with Crippen LogP contribution < -0.4 is 0 Å². The van der Waals surface area contributed by atoms with Gasteiger partial charge in [0.1, 0.15) is 0 Å². The molecule has 0 spiro atoms. The second-order valence-electron chi connectivity index (χ2n) is 16.8. The van der Waals surface area contributed by atoms with Crippen molar-refractivity contribution in [2.45, 2.75) is 188 Å². The topological polar surface area (TPSA) is 80.9 Å². The summed E-state index contributed by atoms with van der Waals surface area (Å²) in [5, 5.41) is 34.0. The lowest BCUT2D eigenvalue weighted by atomic mass is 9.90. The first-order valence-corrected chi connectivity index (χ1v) is 16.9. The molecule has 0 amide bonds. The van der Waals surface area contributed by atoms with Crippen LogP contribution >= 0.6 is 0 Å². The average Bonchev–Trinajstić information content (AvgIpc) is 2.85. The SMILES string of the molecule is CCCCC(C)(C)C.CCCCC(C)(C)C.CCCCC(C)(C)C.CCCCC(C)(C)C.OCC(CO)(CO)CO. The molecule has 0 aromatic heterocycles. The molecule has 4 N–H and O–H groups in total. The third-order valence-electron chi connectivity index (χ3n) is 6.46. The summed E-state index contributed by atoms with van der Waals surface area (Å²) in [5.74, 6) is 0. The van der Waals surface area contributed by atoms with Gasteiger partial charge in [0.05, 0.1) is 31.8 Å². The van der Waals surface area contributed by atoms with Crippen molar-refractivity contribution in [1.82, 2.24) is 0 Å². The molecule has 0 bridgehead atoms. The largest absolute Gasteiger partial charge is 0.396 e. The Hall–Kier alpha value is -0.160. The van der Waals surface area contributed by atoms with Gasteiger partial charge in [0.15, 0.2) is 0 Å². The minimum Gasteiger partial charge on any atom is -0.396 e. The second-order valence-corrected chi connectivity index (χ2v) is 16.8. The first-order valence-electron chi connectivity index (χ1n) is 16.9. The highest BCUT2D eigenvalue weighted by atomic mass is 16.3. The minimum absolute atomic E-state index is 0.406. The van der Waals surface area contributed by atoms with Crippen molar-refractivity contribution in [3.63, 3.8) is 0 Å². The Bertz CT molecular complexity index is 394. The molecule has 0 aliphatic rings. The predicted molar refractivity (Wildman–Crippen MR) is 187 cm³/mol. The molecule has 0 saturated heterocycles. The molecule has 41 heavy (non-hydrogen) atoms. The van der Waals surface area contributed by atoms with Gasteiger partial charge in [-0.25, -0.2) is 0 Å². The Balaban J connectivity index is -0.000000132. The molecule has 4 nitrogen and oxygen atoms in total. The highest BCUT2D eigenvalue weighted by Gasteiger charge is 2.26. The van der Waals surface area contributed by atoms with Crippen LogP contribution in [0.1, 0.15) is 188 Å². The summed E-state index contributed by atoms with van der Waals surface area (Å²) in [6, 6.07) is 0. The zero-order chi connectivity index (χ0) is 33.8. The minimum atomic E-state index is -1.11. The molecule has 0 saturated carbocycles. The van der Waals surface area contributed by atoms with Gasteiger partial charge in [0.2, 0.25) is 0 Å². The number of unbranched alkanes of at least 4 members (excludes halogenated alkanes) is 4. The van der Waals surface area contributed by atoms with Crippen molar-refractivity contribution in [3.05, 3.63) is 0 Å². The van der Waals surface area contributed by atoms with E-state index < -0.39 is 31.8 Å². The van der Waals surface area contributed by atoms with E-state index in [0.717, 1.165) is 0 Å². The Morgan fingerprint density at radius 1 is 0.317 bits per heavy atom. The smallest absolute Gasteiger partial charge is 0.0627 e. The molecule has 0 aromatic rings. The Morgan fingerprint density at radius 2 is 0.463 bits per heavy atom. The van der Waals surface area contributed by atoms with Gasteiger partial charge in [0.25, 0.3) is 0 Å². The third kappa shape index (κ3) is 56.3. The van der Waals surface area contributed by atoms with E-state index in [1.165, 1.54) is 77.0 Å². The van der Waals surface area contributed by atoms with Gasteiger partial charge in [-0.15, -0.1) is 0 Å². The van der Waals surface area contributed by atoms with Crippen molar-refractivity contribution in [1.29, 1.82) is 0 Å². The quantitative estimate of drug-likeness (QED) is 0.182. The molecule has 0 heterocycles. The van der Waals surface area contributed by atoms with Gasteiger partial charge in [0, 0.05) is 0 Å². The number of hydrogen-bond acceptors (Lipinski definition) is 4. The Kier molecular flexibility index (Phi) is 35.2. The van der Waals surface area contributed by atoms with Crippen LogP contribution in [0.3, 0.4) is 0 Å². The van der Waals surface area contributed by atoms with Gasteiger partial charge in [-0.1, -0.05) is 162 Å². The standard InChI is InChI=1S/4C8H18.C5H12O4/c4*1-5-6-7-8(2,3)4;6-1-5(2-7,3-8)4-9/h4*5-7H2,1-4H3;6-9H,1-4H2. The van der Waals surface area contributed by atoms with Gasteiger partial charge in [-0.05, 0) is 47.3 Å². The maximum absolute atomic E-state index is 8.50. The fraction of sp³-hybridized carbons (Fsp3) is 1.00. The molecular weight excluding hydrogens is 508 g/mol. The fourth-order valence-electron chi connectivity index (χ4n) is 3.13. The van der Waals surface area contributed by atoms with E-state index in [-0.39, 0.29) is 0 Å². The zero-order valence-corrected chi connectivity index (χ0v) is 31.6. The van der Waals surface area contributed by atoms with Crippen LogP contribution in [0.25, 0.3) is 0 Å². The van der Waals surface area contributed by atoms with E-state index in [9.17, 15) is 0 Å².